The Kier molecular flexibility index (Phi) is 3.81. The minimum atomic E-state index is -0.977. The van der Waals surface area contributed by atoms with E-state index in [-0.39, 0.29) is 4.88 Å². The lowest BCUT2D eigenvalue weighted by molar-refractivity contribution is 0.0702. The fraction of sp³-hybridized carbons (Fsp3) is 0.143. The monoisotopic (exact) mass is 323 g/mol. The van der Waals surface area contributed by atoms with Crippen LogP contribution in [-0.2, 0) is 0 Å². The van der Waals surface area contributed by atoms with E-state index in [2.05, 4.69) is 4.98 Å². The number of hydrogen-bond donors (Lipinski definition) is 1. The molecule has 0 saturated heterocycles. The average molecular weight is 324 g/mol. The molecule has 1 aliphatic rings. The smallest absolute Gasteiger partial charge is 0.347 e. The molecule has 0 bridgehead atoms. The molecule has 2 heterocycles. The second kappa shape index (κ2) is 5.75. The van der Waals surface area contributed by atoms with Gasteiger partial charge in [-0.15, -0.1) is 11.3 Å². The first-order chi connectivity index (χ1) is 10.1. The van der Waals surface area contributed by atoms with Crippen molar-refractivity contribution < 1.29 is 19.4 Å². The van der Waals surface area contributed by atoms with Crippen LogP contribution in [0.3, 0.4) is 0 Å². The molecule has 0 unspecified atom stereocenters. The number of thiazole rings is 1. The summed E-state index contributed by atoms with van der Waals surface area (Å²) < 4.78 is 10.9. The van der Waals surface area contributed by atoms with Crippen molar-refractivity contribution in [2.24, 2.45) is 0 Å². The van der Waals surface area contributed by atoms with Crippen molar-refractivity contribution in [2.75, 3.05) is 13.2 Å². The molecule has 0 fully saturated rings. The molecule has 5 nitrogen and oxygen atoms in total. The van der Waals surface area contributed by atoms with Crippen LogP contribution in [0.15, 0.2) is 18.3 Å². The Morgan fingerprint density at radius 3 is 2.90 bits per heavy atom. The third-order valence-corrected chi connectivity index (χ3v) is 4.00. The molecule has 0 spiro atoms. The molecule has 0 atom stereocenters. The minimum absolute atomic E-state index is 0.204. The van der Waals surface area contributed by atoms with Gasteiger partial charge in [-0.05, 0) is 23.8 Å². The van der Waals surface area contributed by atoms with Crippen LogP contribution in [0, 0.1) is 0 Å². The number of ether oxygens (including phenoxy) is 2. The van der Waals surface area contributed by atoms with Crippen molar-refractivity contribution in [3.63, 3.8) is 0 Å². The second-order valence-corrected chi connectivity index (χ2v) is 5.70. The summed E-state index contributed by atoms with van der Waals surface area (Å²) in [4.78, 5) is 15.0. The highest BCUT2D eigenvalue weighted by molar-refractivity contribution is 7.14. The van der Waals surface area contributed by atoms with E-state index < -0.39 is 5.97 Å². The van der Waals surface area contributed by atoms with E-state index >= 15 is 0 Å². The number of aromatic carboxylic acids is 1. The molecule has 1 aromatic carbocycles. The number of carbonyl (C=O) groups is 1. The average Bonchev–Trinajstić information content (AvgIpc) is 2.94. The lowest BCUT2D eigenvalue weighted by Gasteiger charge is -2.19. The maximum atomic E-state index is 10.8. The molecule has 3 rings (SSSR count). The second-order valence-electron chi connectivity index (χ2n) is 4.23. The zero-order valence-electron chi connectivity index (χ0n) is 10.7. The maximum absolute atomic E-state index is 10.8. The zero-order valence-corrected chi connectivity index (χ0v) is 12.3. The molecule has 1 N–H and O–H groups in total. The van der Waals surface area contributed by atoms with Crippen molar-refractivity contribution in [2.45, 2.75) is 0 Å². The standard InChI is InChI=1S/C14H10ClNO4S/c15-9-5-8(6-10-13(9)20-4-3-19-10)1-2-12-16-7-11(21-12)14(17)18/h1-2,5-7H,3-4H2,(H,17,18)/b2-1+. The van der Waals surface area contributed by atoms with Gasteiger partial charge in [-0.3, -0.25) is 0 Å². The van der Waals surface area contributed by atoms with Gasteiger partial charge in [0.15, 0.2) is 11.5 Å². The number of benzene rings is 1. The molecular weight excluding hydrogens is 314 g/mol. The van der Waals surface area contributed by atoms with E-state index in [0.29, 0.717) is 34.7 Å². The van der Waals surface area contributed by atoms with Crippen LogP contribution in [0.2, 0.25) is 5.02 Å². The highest BCUT2D eigenvalue weighted by atomic mass is 35.5. The van der Waals surface area contributed by atoms with Gasteiger partial charge < -0.3 is 14.6 Å². The van der Waals surface area contributed by atoms with Crippen molar-refractivity contribution in [3.05, 3.63) is 38.8 Å². The number of rotatable bonds is 3. The molecule has 21 heavy (non-hydrogen) atoms. The predicted octanol–water partition coefficient (Wildman–Crippen LogP) is 3.44. The highest BCUT2D eigenvalue weighted by Gasteiger charge is 2.16. The topological polar surface area (TPSA) is 68.7 Å². The number of aromatic nitrogens is 1. The van der Waals surface area contributed by atoms with Gasteiger partial charge in [0, 0.05) is 0 Å². The Balaban J connectivity index is 1.85. The zero-order chi connectivity index (χ0) is 14.8. The Morgan fingerprint density at radius 2 is 2.14 bits per heavy atom. The van der Waals surface area contributed by atoms with Crippen molar-refractivity contribution in [1.29, 1.82) is 0 Å². The SMILES string of the molecule is O=C(O)c1cnc(/C=C/c2cc(Cl)c3c(c2)OCCO3)s1. The summed E-state index contributed by atoms with van der Waals surface area (Å²) in [5.41, 5.74) is 0.830. The summed E-state index contributed by atoms with van der Waals surface area (Å²) in [6.45, 7) is 0.976. The lowest BCUT2D eigenvalue weighted by atomic mass is 10.2. The van der Waals surface area contributed by atoms with Crippen LogP contribution in [-0.4, -0.2) is 29.3 Å². The molecular formula is C14H10ClNO4S. The van der Waals surface area contributed by atoms with E-state index in [1.54, 1.807) is 18.2 Å². The quantitative estimate of drug-likeness (QED) is 0.937. The Labute approximate surface area is 129 Å². The third-order valence-electron chi connectivity index (χ3n) is 2.77. The van der Waals surface area contributed by atoms with Gasteiger partial charge in [0.05, 0.1) is 11.2 Å². The first-order valence-corrected chi connectivity index (χ1v) is 7.29. The van der Waals surface area contributed by atoms with Gasteiger partial charge in [-0.2, -0.15) is 0 Å². The summed E-state index contributed by atoms with van der Waals surface area (Å²) in [5.74, 6) is 0.191. The lowest BCUT2D eigenvalue weighted by Crippen LogP contribution is -2.15. The first kappa shape index (κ1) is 13.9. The number of carboxylic acid groups (broad SMARTS) is 1. The summed E-state index contributed by atoms with van der Waals surface area (Å²) in [7, 11) is 0. The van der Waals surface area contributed by atoms with Crippen LogP contribution in [0.4, 0.5) is 0 Å². The fourth-order valence-electron chi connectivity index (χ4n) is 1.86. The third kappa shape index (κ3) is 3.01. The van der Waals surface area contributed by atoms with Crippen LogP contribution in [0.5, 0.6) is 11.5 Å². The number of fused-ring (bicyclic) bond motifs is 1. The van der Waals surface area contributed by atoms with Crippen molar-refractivity contribution >= 4 is 41.1 Å². The highest BCUT2D eigenvalue weighted by Crippen LogP contribution is 2.38. The molecule has 0 saturated carbocycles. The summed E-state index contributed by atoms with van der Waals surface area (Å²) in [6, 6.07) is 3.58. The van der Waals surface area contributed by atoms with E-state index in [1.165, 1.54) is 6.20 Å². The van der Waals surface area contributed by atoms with Crippen LogP contribution < -0.4 is 9.47 Å². The van der Waals surface area contributed by atoms with Gasteiger partial charge in [0.1, 0.15) is 23.1 Å². The molecule has 108 valence electrons. The Morgan fingerprint density at radius 1 is 1.33 bits per heavy atom. The fourth-order valence-corrected chi connectivity index (χ4v) is 2.79. The molecule has 2 aromatic rings. The predicted molar refractivity (Wildman–Crippen MR) is 80.4 cm³/mol. The van der Waals surface area contributed by atoms with Crippen LogP contribution in [0.1, 0.15) is 20.2 Å². The Bertz CT molecular complexity index is 726. The number of halogens is 1. The minimum Gasteiger partial charge on any atom is -0.486 e. The van der Waals surface area contributed by atoms with E-state index in [0.717, 1.165) is 16.9 Å². The van der Waals surface area contributed by atoms with Gasteiger partial charge in [-0.25, -0.2) is 9.78 Å². The van der Waals surface area contributed by atoms with Gasteiger partial charge in [-0.1, -0.05) is 17.7 Å². The molecule has 0 amide bonds. The Hall–Kier alpha value is -2.05. The summed E-state index contributed by atoms with van der Waals surface area (Å²) in [6.07, 6.45) is 4.87. The van der Waals surface area contributed by atoms with Gasteiger partial charge >= 0.3 is 5.97 Å². The maximum Gasteiger partial charge on any atom is 0.347 e. The molecule has 0 radical (unpaired) electrons. The molecule has 0 aliphatic carbocycles. The van der Waals surface area contributed by atoms with E-state index in [9.17, 15) is 4.79 Å². The van der Waals surface area contributed by atoms with Gasteiger partial charge in [0.2, 0.25) is 0 Å². The first-order valence-electron chi connectivity index (χ1n) is 6.10. The number of hydrogen-bond acceptors (Lipinski definition) is 5. The summed E-state index contributed by atoms with van der Waals surface area (Å²) in [5, 5.41) is 9.94. The molecule has 1 aromatic heterocycles. The molecule has 7 heteroatoms. The van der Waals surface area contributed by atoms with Gasteiger partial charge in [0.25, 0.3) is 0 Å². The summed E-state index contributed by atoms with van der Waals surface area (Å²) >= 11 is 7.25. The van der Waals surface area contributed by atoms with E-state index in [1.807, 2.05) is 6.07 Å². The largest absolute Gasteiger partial charge is 0.486 e. The van der Waals surface area contributed by atoms with Crippen LogP contribution >= 0.6 is 22.9 Å². The number of nitrogens with zero attached hydrogens (tertiary/aromatic N) is 1. The van der Waals surface area contributed by atoms with Crippen molar-refractivity contribution in [3.8, 4) is 11.5 Å². The van der Waals surface area contributed by atoms with E-state index in [4.69, 9.17) is 26.2 Å². The number of carboxylic acids is 1. The van der Waals surface area contributed by atoms with Crippen LogP contribution in [0.25, 0.3) is 12.2 Å². The van der Waals surface area contributed by atoms with Crippen molar-refractivity contribution in [1.82, 2.24) is 4.98 Å². The molecule has 1 aliphatic heterocycles. The normalized spacial score (nSPS) is 13.6.